The van der Waals surface area contributed by atoms with Crippen LogP contribution in [0.2, 0.25) is 0 Å². The molecule has 122 valence electrons. The number of piperazine rings is 1. The Kier molecular flexibility index (Phi) is 4.89. The molecule has 0 aliphatic carbocycles. The Morgan fingerprint density at radius 2 is 1.95 bits per heavy atom. The molecule has 1 unspecified atom stereocenters. The number of hydrogen-bond acceptors (Lipinski definition) is 6. The van der Waals surface area contributed by atoms with Crippen LogP contribution >= 0.6 is 0 Å². The molecule has 1 saturated heterocycles. The van der Waals surface area contributed by atoms with E-state index in [2.05, 4.69) is 5.16 Å². The highest BCUT2D eigenvalue weighted by Gasteiger charge is 2.30. The minimum Gasteiger partial charge on any atom is -0.468 e. The number of amides is 1. The average molecular weight is 311 g/mol. The molecule has 0 saturated carbocycles. The first kappa shape index (κ1) is 16.1. The lowest BCUT2D eigenvalue weighted by molar-refractivity contribution is -0.144. The third kappa shape index (κ3) is 3.32. The molecule has 2 heterocycles. The highest BCUT2D eigenvalue weighted by molar-refractivity contribution is 5.77. The van der Waals surface area contributed by atoms with E-state index in [-0.39, 0.29) is 11.9 Å². The molecule has 1 aromatic rings. The standard InChI is InChI=1S/C14H21N3O5/c1-9(2)12(13(18)21-3)10-8-11(15-22-10)16-4-6-17(7-5-16)14(19)20/h8-9,12H,4-7H2,1-3H3,(H,19,20). The van der Waals surface area contributed by atoms with Gasteiger partial charge in [-0.05, 0) is 5.92 Å². The lowest BCUT2D eigenvalue weighted by atomic mass is 9.93. The van der Waals surface area contributed by atoms with Crippen molar-refractivity contribution in [1.29, 1.82) is 0 Å². The molecule has 0 bridgehead atoms. The maximum atomic E-state index is 11.9. The number of hydrogen-bond donors (Lipinski definition) is 1. The van der Waals surface area contributed by atoms with E-state index >= 15 is 0 Å². The number of anilines is 1. The zero-order valence-electron chi connectivity index (χ0n) is 13.0. The number of esters is 1. The molecule has 0 aromatic carbocycles. The second-order valence-electron chi connectivity index (χ2n) is 5.59. The fourth-order valence-electron chi connectivity index (χ4n) is 2.55. The molecule has 1 aliphatic rings. The molecule has 0 spiro atoms. The first-order chi connectivity index (χ1) is 10.4. The number of carbonyl (C=O) groups is 2. The molecule has 0 radical (unpaired) electrons. The number of nitrogens with zero attached hydrogens (tertiary/aromatic N) is 3. The molecule has 2 rings (SSSR count). The Morgan fingerprint density at radius 3 is 2.45 bits per heavy atom. The van der Waals surface area contributed by atoms with E-state index in [9.17, 15) is 9.59 Å². The van der Waals surface area contributed by atoms with Crippen molar-refractivity contribution in [3.63, 3.8) is 0 Å². The summed E-state index contributed by atoms with van der Waals surface area (Å²) in [6.45, 7) is 5.75. The van der Waals surface area contributed by atoms with Gasteiger partial charge in [0.2, 0.25) is 0 Å². The molecular formula is C14H21N3O5. The van der Waals surface area contributed by atoms with Gasteiger partial charge >= 0.3 is 12.1 Å². The monoisotopic (exact) mass is 311 g/mol. The molecule has 1 N–H and O–H groups in total. The van der Waals surface area contributed by atoms with Crippen molar-refractivity contribution in [1.82, 2.24) is 10.1 Å². The van der Waals surface area contributed by atoms with Crippen molar-refractivity contribution in [3.05, 3.63) is 11.8 Å². The second kappa shape index (κ2) is 6.67. The molecular weight excluding hydrogens is 290 g/mol. The van der Waals surface area contributed by atoms with Crippen LogP contribution in [0.3, 0.4) is 0 Å². The van der Waals surface area contributed by atoms with Crippen molar-refractivity contribution < 1.29 is 24.0 Å². The predicted molar refractivity (Wildman–Crippen MR) is 77.9 cm³/mol. The van der Waals surface area contributed by atoms with Crippen molar-refractivity contribution in [3.8, 4) is 0 Å². The maximum absolute atomic E-state index is 11.9. The molecule has 8 nitrogen and oxygen atoms in total. The molecule has 8 heteroatoms. The molecule has 1 aliphatic heterocycles. The van der Waals surface area contributed by atoms with Gasteiger partial charge in [0, 0.05) is 32.2 Å². The first-order valence-electron chi connectivity index (χ1n) is 7.21. The van der Waals surface area contributed by atoms with E-state index in [0.717, 1.165) is 0 Å². The topological polar surface area (TPSA) is 96.1 Å². The molecule has 1 amide bonds. The van der Waals surface area contributed by atoms with Gasteiger partial charge in [0.25, 0.3) is 0 Å². The number of rotatable bonds is 4. The Balaban J connectivity index is 2.08. The summed E-state index contributed by atoms with van der Waals surface area (Å²) in [7, 11) is 1.35. The summed E-state index contributed by atoms with van der Waals surface area (Å²) in [6.07, 6.45) is -0.911. The van der Waals surface area contributed by atoms with Crippen LogP contribution in [0.15, 0.2) is 10.6 Å². The lowest BCUT2D eigenvalue weighted by Crippen LogP contribution is -2.48. The molecule has 1 aromatic heterocycles. The van der Waals surface area contributed by atoms with Crippen LogP contribution in [-0.4, -0.2) is 60.5 Å². The third-order valence-corrected chi connectivity index (χ3v) is 3.82. The number of ether oxygens (including phenoxy) is 1. The minimum atomic E-state index is -0.911. The Labute approximate surface area is 128 Å². The number of aromatic nitrogens is 1. The number of carboxylic acid groups (broad SMARTS) is 1. The Bertz CT molecular complexity index is 534. The predicted octanol–water partition coefficient (Wildman–Crippen LogP) is 1.39. The number of methoxy groups -OCH3 is 1. The normalized spacial score (nSPS) is 16.7. The van der Waals surface area contributed by atoms with Crippen molar-refractivity contribution in [2.75, 3.05) is 38.2 Å². The van der Waals surface area contributed by atoms with Gasteiger partial charge in [-0.1, -0.05) is 19.0 Å². The van der Waals surface area contributed by atoms with Crippen LogP contribution < -0.4 is 4.90 Å². The second-order valence-corrected chi connectivity index (χ2v) is 5.59. The summed E-state index contributed by atoms with van der Waals surface area (Å²) in [6, 6.07) is 1.73. The van der Waals surface area contributed by atoms with Gasteiger partial charge in [-0.15, -0.1) is 0 Å². The zero-order valence-corrected chi connectivity index (χ0v) is 13.0. The van der Waals surface area contributed by atoms with Crippen LogP contribution in [0.25, 0.3) is 0 Å². The fourth-order valence-corrected chi connectivity index (χ4v) is 2.55. The SMILES string of the molecule is COC(=O)C(c1cc(N2CCN(C(=O)O)CC2)no1)C(C)C. The Hall–Kier alpha value is -2.25. The van der Waals surface area contributed by atoms with E-state index in [4.69, 9.17) is 14.4 Å². The zero-order chi connectivity index (χ0) is 16.3. The maximum Gasteiger partial charge on any atom is 0.407 e. The number of carbonyl (C=O) groups excluding carboxylic acids is 1. The fraction of sp³-hybridized carbons (Fsp3) is 0.643. The quantitative estimate of drug-likeness (QED) is 0.839. The van der Waals surface area contributed by atoms with Gasteiger partial charge in [-0.25, -0.2) is 4.79 Å². The summed E-state index contributed by atoms with van der Waals surface area (Å²) < 4.78 is 10.1. The smallest absolute Gasteiger partial charge is 0.407 e. The van der Waals surface area contributed by atoms with E-state index in [0.29, 0.717) is 37.8 Å². The third-order valence-electron chi connectivity index (χ3n) is 3.82. The van der Waals surface area contributed by atoms with E-state index < -0.39 is 12.0 Å². The van der Waals surface area contributed by atoms with Crippen LogP contribution in [0.4, 0.5) is 10.6 Å². The van der Waals surface area contributed by atoms with Crippen molar-refractivity contribution in [2.45, 2.75) is 19.8 Å². The van der Waals surface area contributed by atoms with Crippen LogP contribution in [0.5, 0.6) is 0 Å². The van der Waals surface area contributed by atoms with Gasteiger partial charge in [0.05, 0.1) is 7.11 Å². The average Bonchev–Trinajstić information content (AvgIpc) is 2.96. The van der Waals surface area contributed by atoms with Crippen LogP contribution in [0, 0.1) is 5.92 Å². The molecule has 1 fully saturated rings. The minimum absolute atomic E-state index is 0.0251. The van der Waals surface area contributed by atoms with Gasteiger partial charge in [-0.3, -0.25) is 4.79 Å². The first-order valence-corrected chi connectivity index (χ1v) is 7.21. The highest BCUT2D eigenvalue weighted by Crippen LogP contribution is 2.29. The molecule has 22 heavy (non-hydrogen) atoms. The summed E-state index contributed by atoms with van der Waals surface area (Å²) in [4.78, 5) is 26.1. The lowest BCUT2D eigenvalue weighted by Gasteiger charge is -2.32. The van der Waals surface area contributed by atoms with Crippen molar-refractivity contribution in [2.24, 2.45) is 5.92 Å². The van der Waals surface area contributed by atoms with E-state index in [1.165, 1.54) is 12.0 Å². The van der Waals surface area contributed by atoms with Gasteiger partial charge in [0.15, 0.2) is 11.6 Å². The van der Waals surface area contributed by atoms with Crippen LogP contribution in [-0.2, 0) is 9.53 Å². The van der Waals surface area contributed by atoms with Gasteiger partial charge in [-0.2, -0.15) is 0 Å². The van der Waals surface area contributed by atoms with Gasteiger partial charge in [0.1, 0.15) is 5.92 Å². The van der Waals surface area contributed by atoms with Crippen LogP contribution in [0.1, 0.15) is 25.5 Å². The molecule has 1 atom stereocenters. The van der Waals surface area contributed by atoms with E-state index in [1.807, 2.05) is 18.7 Å². The Morgan fingerprint density at radius 1 is 1.32 bits per heavy atom. The summed E-state index contributed by atoms with van der Waals surface area (Å²) in [5.74, 6) is 0.268. The van der Waals surface area contributed by atoms with Crippen molar-refractivity contribution >= 4 is 17.9 Å². The summed E-state index contributed by atoms with van der Waals surface area (Å²) in [5, 5.41) is 13.0. The highest BCUT2D eigenvalue weighted by atomic mass is 16.5. The summed E-state index contributed by atoms with van der Waals surface area (Å²) >= 11 is 0. The van der Waals surface area contributed by atoms with Gasteiger partial charge < -0.3 is 24.2 Å². The van der Waals surface area contributed by atoms with E-state index in [1.54, 1.807) is 6.07 Å². The largest absolute Gasteiger partial charge is 0.468 e. The summed E-state index contributed by atoms with van der Waals surface area (Å²) in [5.41, 5.74) is 0.